The van der Waals surface area contributed by atoms with Crippen molar-refractivity contribution in [1.82, 2.24) is 4.90 Å². The molecular formula is C20H21Br2NO4. The molecule has 27 heavy (non-hydrogen) atoms. The van der Waals surface area contributed by atoms with Gasteiger partial charge >= 0.3 is 0 Å². The van der Waals surface area contributed by atoms with Gasteiger partial charge in [-0.15, -0.1) is 0 Å². The van der Waals surface area contributed by atoms with Crippen LogP contribution in [0.15, 0.2) is 27.1 Å². The van der Waals surface area contributed by atoms with Gasteiger partial charge < -0.3 is 18.9 Å². The Morgan fingerprint density at radius 3 is 2.63 bits per heavy atom. The summed E-state index contributed by atoms with van der Waals surface area (Å²) in [7, 11) is 5.53. The highest BCUT2D eigenvalue weighted by Gasteiger charge is 2.36. The van der Waals surface area contributed by atoms with Crippen molar-refractivity contribution >= 4 is 31.9 Å². The molecule has 2 aromatic carbocycles. The van der Waals surface area contributed by atoms with E-state index in [0.717, 1.165) is 45.6 Å². The zero-order valence-corrected chi connectivity index (χ0v) is 18.6. The van der Waals surface area contributed by atoms with Crippen molar-refractivity contribution in [3.63, 3.8) is 0 Å². The van der Waals surface area contributed by atoms with E-state index >= 15 is 0 Å². The maximum atomic E-state index is 5.81. The van der Waals surface area contributed by atoms with Gasteiger partial charge in [-0.05, 0) is 75.0 Å². The number of halogens is 2. The first-order chi connectivity index (χ1) is 13.0. The molecule has 0 aromatic heterocycles. The fraction of sp³-hybridized carbons (Fsp3) is 0.400. The van der Waals surface area contributed by atoms with Gasteiger partial charge in [0.1, 0.15) is 5.75 Å². The largest absolute Gasteiger partial charge is 0.496 e. The number of likely N-dealkylation sites (N-methyl/N-ethyl adjacent to an activating group) is 1. The third-order valence-electron chi connectivity index (χ3n) is 5.28. The summed E-state index contributed by atoms with van der Waals surface area (Å²) in [4.78, 5) is 2.37. The van der Waals surface area contributed by atoms with Gasteiger partial charge in [0.25, 0.3) is 0 Å². The predicted octanol–water partition coefficient (Wildman–Crippen LogP) is 4.73. The summed E-state index contributed by atoms with van der Waals surface area (Å²) in [6.07, 6.45) is 1.79. The number of hydrogen-bond donors (Lipinski definition) is 0. The standard InChI is InChI=1S/C20H21Br2NO4/c1-23-7-6-12-16(18(25-3)20-19(17(12)22)26-10-27-20)14(23)9-11-4-5-15(24-2)13(21)8-11/h4-5,8,14H,6-7,9-10H2,1-3H3. The van der Waals surface area contributed by atoms with Gasteiger partial charge in [0.15, 0.2) is 11.5 Å². The van der Waals surface area contributed by atoms with E-state index in [9.17, 15) is 0 Å². The van der Waals surface area contributed by atoms with Crippen LogP contribution in [0.5, 0.6) is 23.0 Å². The minimum Gasteiger partial charge on any atom is -0.496 e. The quantitative estimate of drug-likeness (QED) is 0.609. The van der Waals surface area contributed by atoms with E-state index in [1.807, 2.05) is 6.07 Å². The second-order valence-corrected chi connectivity index (χ2v) is 8.37. The second kappa shape index (κ2) is 7.53. The summed E-state index contributed by atoms with van der Waals surface area (Å²) >= 11 is 7.33. The van der Waals surface area contributed by atoms with Crippen LogP contribution in [0.25, 0.3) is 0 Å². The number of methoxy groups -OCH3 is 2. The Hall–Kier alpha value is -1.44. The molecule has 2 aliphatic rings. The average Bonchev–Trinajstić information content (AvgIpc) is 3.14. The number of nitrogens with zero attached hydrogens (tertiary/aromatic N) is 1. The Morgan fingerprint density at radius 2 is 1.93 bits per heavy atom. The van der Waals surface area contributed by atoms with Gasteiger partial charge in [0, 0.05) is 18.2 Å². The molecular weight excluding hydrogens is 478 g/mol. The van der Waals surface area contributed by atoms with E-state index < -0.39 is 0 Å². The second-order valence-electron chi connectivity index (χ2n) is 6.72. The lowest BCUT2D eigenvalue weighted by molar-refractivity contribution is 0.170. The van der Waals surface area contributed by atoms with E-state index in [4.69, 9.17) is 18.9 Å². The van der Waals surface area contributed by atoms with E-state index in [1.54, 1.807) is 14.2 Å². The Labute approximate surface area is 175 Å². The SMILES string of the molecule is COc1ccc(CC2c3c(c(Br)c4c(c3OC)OCO4)CCN2C)cc1Br. The molecule has 2 aliphatic heterocycles. The van der Waals surface area contributed by atoms with Gasteiger partial charge in [-0.1, -0.05) is 6.07 Å². The maximum absolute atomic E-state index is 5.81. The van der Waals surface area contributed by atoms with Crippen molar-refractivity contribution < 1.29 is 18.9 Å². The maximum Gasteiger partial charge on any atom is 0.231 e. The topological polar surface area (TPSA) is 40.2 Å². The van der Waals surface area contributed by atoms with Gasteiger partial charge in [-0.2, -0.15) is 0 Å². The third kappa shape index (κ3) is 3.19. The molecule has 4 rings (SSSR count). The van der Waals surface area contributed by atoms with Crippen LogP contribution in [0, 0.1) is 0 Å². The molecule has 0 N–H and O–H groups in total. The van der Waals surface area contributed by atoms with E-state index in [0.29, 0.717) is 5.75 Å². The van der Waals surface area contributed by atoms with Crippen LogP contribution < -0.4 is 18.9 Å². The highest BCUT2D eigenvalue weighted by molar-refractivity contribution is 9.11. The average molecular weight is 499 g/mol. The summed E-state index contributed by atoms with van der Waals surface area (Å²) in [6.45, 7) is 1.19. The van der Waals surface area contributed by atoms with Crippen molar-refractivity contribution in [2.45, 2.75) is 18.9 Å². The zero-order chi connectivity index (χ0) is 19.1. The number of fused-ring (bicyclic) bond motifs is 2. The normalized spacial score (nSPS) is 18.3. The molecule has 0 fully saturated rings. The first-order valence-electron chi connectivity index (χ1n) is 8.75. The van der Waals surface area contributed by atoms with Crippen LogP contribution in [0.2, 0.25) is 0 Å². The molecule has 2 heterocycles. The number of benzene rings is 2. The minimum atomic E-state index is 0.176. The van der Waals surface area contributed by atoms with Crippen LogP contribution in [-0.4, -0.2) is 39.5 Å². The summed E-state index contributed by atoms with van der Waals surface area (Å²) in [5.74, 6) is 3.06. The van der Waals surface area contributed by atoms with Crippen molar-refractivity contribution in [2.24, 2.45) is 0 Å². The Balaban J connectivity index is 1.80. The summed E-state index contributed by atoms with van der Waals surface area (Å²) < 4.78 is 24.5. The number of rotatable bonds is 4. The first kappa shape index (κ1) is 18.9. The van der Waals surface area contributed by atoms with Gasteiger partial charge in [0.2, 0.25) is 12.5 Å². The Kier molecular flexibility index (Phi) is 5.27. The molecule has 1 atom stereocenters. The summed E-state index contributed by atoms with van der Waals surface area (Å²) in [5.41, 5.74) is 3.64. The summed E-state index contributed by atoms with van der Waals surface area (Å²) in [6, 6.07) is 6.40. The van der Waals surface area contributed by atoms with Crippen LogP contribution in [0.3, 0.4) is 0 Å². The lowest BCUT2D eigenvalue weighted by Crippen LogP contribution is -2.34. The fourth-order valence-corrected chi connectivity index (χ4v) is 5.20. The summed E-state index contributed by atoms with van der Waals surface area (Å²) in [5, 5.41) is 0. The fourth-order valence-electron chi connectivity index (χ4n) is 3.91. The minimum absolute atomic E-state index is 0.176. The van der Waals surface area contributed by atoms with Crippen molar-refractivity contribution in [2.75, 3.05) is 34.6 Å². The Bertz CT molecular complexity index is 887. The molecule has 7 heteroatoms. The third-order valence-corrected chi connectivity index (χ3v) is 6.74. The van der Waals surface area contributed by atoms with E-state index in [2.05, 4.69) is 55.9 Å². The molecule has 0 saturated carbocycles. The lowest BCUT2D eigenvalue weighted by atomic mass is 9.87. The molecule has 0 aliphatic carbocycles. The zero-order valence-electron chi connectivity index (χ0n) is 15.5. The number of hydrogen-bond acceptors (Lipinski definition) is 5. The molecule has 0 radical (unpaired) electrons. The van der Waals surface area contributed by atoms with Crippen molar-refractivity contribution in [3.8, 4) is 23.0 Å². The van der Waals surface area contributed by atoms with E-state index in [-0.39, 0.29) is 12.8 Å². The van der Waals surface area contributed by atoms with Gasteiger partial charge in [0.05, 0.1) is 23.2 Å². The monoisotopic (exact) mass is 497 g/mol. The molecule has 144 valence electrons. The van der Waals surface area contributed by atoms with Crippen LogP contribution in [0.1, 0.15) is 22.7 Å². The molecule has 0 bridgehead atoms. The van der Waals surface area contributed by atoms with Gasteiger partial charge in [-0.25, -0.2) is 0 Å². The smallest absolute Gasteiger partial charge is 0.231 e. The van der Waals surface area contributed by atoms with E-state index in [1.165, 1.54) is 16.7 Å². The molecule has 0 spiro atoms. The molecule has 0 saturated heterocycles. The van der Waals surface area contributed by atoms with Crippen molar-refractivity contribution in [1.29, 1.82) is 0 Å². The first-order valence-corrected chi connectivity index (χ1v) is 10.3. The van der Waals surface area contributed by atoms with Crippen LogP contribution in [-0.2, 0) is 12.8 Å². The molecule has 0 amide bonds. The van der Waals surface area contributed by atoms with Crippen molar-refractivity contribution in [3.05, 3.63) is 43.8 Å². The highest BCUT2D eigenvalue weighted by atomic mass is 79.9. The van der Waals surface area contributed by atoms with Crippen LogP contribution >= 0.6 is 31.9 Å². The van der Waals surface area contributed by atoms with Crippen LogP contribution in [0.4, 0.5) is 0 Å². The van der Waals surface area contributed by atoms with Gasteiger partial charge in [-0.3, -0.25) is 4.90 Å². The number of ether oxygens (including phenoxy) is 4. The molecule has 2 aromatic rings. The lowest BCUT2D eigenvalue weighted by Gasteiger charge is -2.36. The predicted molar refractivity (Wildman–Crippen MR) is 110 cm³/mol. The molecule has 1 unspecified atom stereocenters. The Morgan fingerprint density at radius 1 is 1.15 bits per heavy atom. The molecule has 5 nitrogen and oxygen atoms in total. The highest BCUT2D eigenvalue weighted by Crippen LogP contribution is 2.54.